The highest BCUT2D eigenvalue weighted by Crippen LogP contribution is 2.44. The van der Waals surface area contributed by atoms with E-state index in [2.05, 4.69) is 4.90 Å². The Balaban J connectivity index is 1.43. The molecular weight excluding hydrogens is 517 g/mol. The minimum absolute atomic E-state index is 0.0312. The van der Waals surface area contributed by atoms with Crippen LogP contribution in [0.4, 0.5) is 18.9 Å². The van der Waals surface area contributed by atoms with Crippen LogP contribution in [0.1, 0.15) is 49.0 Å². The summed E-state index contributed by atoms with van der Waals surface area (Å²) in [6, 6.07) is 9.75. The van der Waals surface area contributed by atoms with Gasteiger partial charge in [-0.1, -0.05) is 0 Å². The fraction of sp³-hybridized carbons (Fsp3) is 0.500. The molecule has 2 saturated heterocycles. The molecule has 2 aliphatic rings. The van der Waals surface area contributed by atoms with Crippen molar-refractivity contribution in [2.24, 2.45) is 5.41 Å². The first kappa shape index (κ1) is 28.5. The lowest BCUT2D eigenvalue weighted by atomic mass is 9.77. The highest BCUT2D eigenvalue weighted by molar-refractivity contribution is 5.97. The molecule has 1 N–H and O–H groups in total. The first-order chi connectivity index (χ1) is 18.5. The Morgan fingerprint density at radius 1 is 1.00 bits per heavy atom. The number of hydrogen-bond acceptors (Lipinski definition) is 6. The highest BCUT2D eigenvalue weighted by atomic mass is 19.4. The molecule has 0 atom stereocenters. The third-order valence-corrected chi connectivity index (χ3v) is 7.13. The van der Waals surface area contributed by atoms with E-state index in [-0.39, 0.29) is 47.3 Å². The van der Waals surface area contributed by atoms with Gasteiger partial charge >= 0.3 is 12.1 Å². The number of anilines is 1. The lowest BCUT2D eigenvalue weighted by Crippen LogP contribution is -2.41. The van der Waals surface area contributed by atoms with Crippen molar-refractivity contribution in [1.82, 2.24) is 4.90 Å². The lowest BCUT2D eigenvalue weighted by molar-refractivity contribution is -0.153. The second kappa shape index (κ2) is 11.7. The van der Waals surface area contributed by atoms with Gasteiger partial charge in [0.25, 0.3) is 0 Å². The molecule has 2 fully saturated rings. The summed E-state index contributed by atoms with van der Waals surface area (Å²) in [6.45, 7) is 5.19. The average molecular weight is 551 g/mol. The van der Waals surface area contributed by atoms with Gasteiger partial charge in [-0.15, -0.1) is 0 Å². The molecule has 8 nitrogen and oxygen atoms in total. The molecule has 0 unspecified atom stereocenters. The average Bonchev–Trinajstić information content (AvgIpc) is 3.20. The molecule has 39 heavy (non-hydrogen) atoms. The molecule has 0 radical (unpaired) electrons. The summed E-state index contributed by atoms with van der Waals surface area (Å²) >= 11 is 0. The summed E-state index contributed by atoms with van der Waals surface area (Å²) in [4.78, 5) is 28.0. The molecule has 0 aromatic heterocycles. The molecule has 2 aromatic carbocycles. The number of carbonyl (C=O) groups is 2. The standard InChI is InChI=1S/C28H33F3N2O6/c1-3-37-22-13-19(14-23(38-4-2)25(22)39-18-28(29,30)31)16-32-11-9-27(10-12-32)15-24(34)33(17-27)21-7-5-20(6-8-21)26(35)36/h5-8,13-14H,3-4,9-12,15-18H2,1-2H3,(H,35,36). The van der Waals surface area contributed by atoms with Crippen LogP contribution in [0.5, 0.6) is 17.2 Å². The first-order valence-electron chi connectivity index (χ1n) is 13.0. The molecule has 11 heteroatoms. The molecule has 1 spiro atoms. The predicted octanol–water partition coefficient (Wildman–Crippen LogP) is 5.14. The summed E-state index contributed by atoms with van der Waals surface area (Å²) < 4.78 is 54.8. The number of benzene rings is 2. The van der Waals surface area contributed by atoms with Gasteiger partial charge in [0.15, 0.2) is 18.1 Å². The number of aromatic carboxylic acids is 1. The molecule has 4 rings (SSSR count). The third kappa shape index (κ3) is 6.95. The van der Waals surface area contributed by atoms with E-state index in [4.69, 9.17) is 19.3 Å². The number of alkyl halides is 3. The Labute approximate surface area is 225 Å². The second-order valence-corrected chi connectivity index (χ2v) is 9.98. The van der Waals surface area contributed by atoms with Gasteiger partial charge in [-0.3, -0.25) is 9.69 Å². The van der Waals surface area contributed by atoms with Crippen molar-refractivity contribution in [3.8, 4) is 17.2 Å². The Kier molecular flexibility index (Phi) is 8.58. The normalized spacial score (nSPS) is 17.5. The van der Waals surface area contributed by atoms with Crippen LogP contribution in [0.15, 0.2) is 36.4 Å². The van der Waals surface area contributed by atoms with Crippen LogP contribution in [-0.2, 0) is 11.3 Å². The number of piperidine rings is 1. The monoisotopic (exact) mass is 550 g/mol. The summed E-state index contributed by atoms with van der Waals surface area (Å²) in [5.41, 5.74) is 1.55. The van der Waals surface area contributed by atoms with Crippen molar-refractivity contribution in [2.75, 3.05) is 44.4 Å². The van der Waals surface area contributed by atoms with E-state index in [1.807, 2.05) is 0 Å². The third-order valence-electron chi connectivity index (χ3n) is 7.13. The molecule has 0 saturated carbocycles. The topological polar surface area (TPSA) is 88.5 Å². The van der Waals surface area contributed by atoms with Gasteiger partial charge in [-0.2, -0.15) is 13.2 Å². The van der Waals surface area contributed by atoms with Crippen molar-refractivity contribution in [3.05, 3.63) is 47.5 Å². The number of halogens is 3. The molecule has 212 valence electrons. The van der Waals surface area contributed by atoms with Crippen molar-refractivity contribution in [2.45, 2.75) is 45.8 Å². The van der Waals surface area contributed by atoms with Crippen LogP contribution in [0.25, 0.3) is 0 Å². The minimum atomic E-state index is -4.49. The number of rotatable bonds is 10. The number of nitrogens with zero attached hydrogens (tertiary/aromatic N) is 2. The summed E-state index contributed by atoms with van der Waals surface area (Å²) in [7, 11) is 0. The molecular formula is C28H33F3N2O6. The van der Waals surface area contributed by atoms with Crippen molar-refractivity contribution in [3.63, 3.8) is 0 Å². The quantitative estimate of drug-likeness (QED) is 0.438. The number of carbonyl (C=O) groups excluding carboxylic acids is 1. The summed E-state index contributed by atoms with van der Waals surface area (Å²) in [5.74, 6) is -0.616. The van der Waals surface area contributed by atoms with E-state index in [9.17, 15) is 22.8 Å². The van der Waals surface area contributed by atoms with Gasteiger partial charge in [-0.25, -0.2) is 4.79 Å². The van der Waals surface area contributed by atoms with E-state index in [0.29, 0.717) is 25.2 Å². The number of carboxylic acids is 1. The van der Waals surface area contributed by atoms with E-state index >= 15 is 0 Å². The van der Waals surface area contributed by atoms with Gasteiger partial charge in [0.05, 0.1) is 18.8 Å². The van der Waals surface area contributed by atoms with Crippen molar-refractivity contribution < 1.29 is 42.1 Å². The SMILES string of the molecule is CCOc1cc(CN2CCC3(CC2)CC(=O)N(c2ccc(C(=O)O)cc2)C3)cc(OCC)c1OCC(F)(F)F. The van der Waals surface area contributed by atoms with E-state index in [0.717, 1.165) is 31.5 Å². The van der Waals surface area contributed by atoms with Crippen LogP contribution < -0.4 is 19.1 Å². The van der Waals surface area contributed by atoms with Crippen LogP contribution in [0.2, 0.25) is 0 Å². The van der Waals surface area contributed by atoms with Gasteiger partial charge < -0.3 is 24.2 Å². The van der Waals surface area contributed by atoms with Crippen LogP contribution in [0, 0.1) is 5.41 Å². The maximum Gasteiger partial charge on any atom is 0.422 e. The molecule has 2 aliphatic heterocycles. The van der Waals surface area contributed by atoms with Crippen molar-refractivity contribution >= 4 is 17.6 Å². The maximum absolute atomic E-state index is 12.9. The zero-order valence-electron chi connectivity index (χ0n) is 22.1. The van der Waals surface area contributed by atoms with E-state index < -0.39 is 18.8 Å². The fourth-order valence-corrected chi connectivity index (χ4v) is 5.24. The van der Waals surface area contributed by atoms with Crippen LogP contribution in [-0.4, -0.2) is 67.5 Å². The van der Waals surface area contributed by atoms with E-state index in [1.165, 1.54) is 12.1 Å². The minimum Gasteiger partial charge on any atom is -0.490 e. The Morgan fingerprint density at radius 3 is 2.10 bits per heavy atom. The summed E-state index contributed by atoms with van der Waals surface area (Å²) in [5, 5.41) is 9.13. The van der Waals surface area contributed by atoms with Gasteiger partial charge in [0.2, 0.25) is 11.7 Å². The van der Waals surface area contributed by atoms with Gasteiger partial charge in [0.1, 0.15) is 0 Å². The smallest absolute Gasteiger partial charge is 0.422 e. The maximum atomic E-state index is 12.9. The Hall–Kier alpha value is -3.47. The predicted molar refractivity (Wildman–Crippen MR) is 138 cm³/mol. The van der Waals surface area contributed by atoms with Crippen LogP contribution in [0.3, 0.4) is 0 Å². The zero-order chi connectivity index (χ0) is 28.2. The number of likely N-dealkylation sites (tertiary alicyclic amines) is 1. The van der Waals surface area contributed by atoms with Gasteiger partial charge in [0, 0.05) is 25.2 Å². The number of amides is 1. The number of carboxylic acid groups (broad SMARTS) is 1. The van der Waals surface area contributed by atoms with Crippen molar-refractivity contribution in [1.29, 1.82) is 0 Å². The second-order valence-electron chi connectivity index (χ2n) is 9.98. The fourth-order valence-electron chi connectivity index (χ4n) is 5.24. The largest absolute Gasteiger partial charge is 0.490 e. The zero-order valence-corrected chi connectivity index (χ0v) is 22.1. The van der Waals surface area contributed by atoms with E-state index in [1.54, 1.807) is 43.0 Å². The Bertz CT molecular complexity index is 1150. The molecule has 0 aliphatic carbocycles. The molecule has 1 amide bonds. The highest BCUT2D eigenvalue weighted by Gasteiger charge is 2.45. The summed E-state index contributed by atoms with van der Waals surface area (Å²) in [6.07, 6.45) is -2.43. The molecule has 0 bridgehead atoms. The van der Waals surface area contributed by atoms with Gasteiger partial charge in [-0.05, 0) is 87.2 Å². The number of ether oxygens (including phenoxy) is 3. The molecule has 2 heterocycles. The van der Waals surface area contributed by atoms with Crippen LogP contribution >= 0.6 is 0 Å². The Morgan fingerprint density at radius 2 is 1.59 bits per heavy atom. The number of hydrogen-bond donors (Lipinski definition) is 1. The first-order valence-corrected chi connectivity index (χ1v) is 13.0. The lowest BCUT2D eigenvalue weighted by Gasteiger charge is -2.39. The molecule has 2 aromatic rings.